The SMILES string of the molecule is CCCNC(=O)NC(=O)COc1cc(C)ccc1[N+](=O)[O-]. The summed E-state index contributed by atoms with van der Waals surface area (Å²) in [5, 5.41) is 15.4. The minimum absolute atomic E-state index is 0.0101. The second-order valence-electron chi connectivity index (χ2n) is 4.32. The maximum atomic E-state index is 11.5. The Labute approximate surface area is 121 Å². The van der Waals surface area contributed by atoms with Crippen LogP contribution >= 0.6 is 0 Å². The van der Waals surface area contributed by atoms with Gasteiger partial charge in [0, 0.05) is 12.6 Å². The van der Waals surface area contributed by atoms with Crippen molar-refractivity contribution in [1.82, 2.24) is 10.6 Å². The van der Waals surface area contributed by atoms with Crippen LogP contribution in [0.4, 0.5) is 10.5 Å². The van der Waals surface area contributed by atoms with E-state index in [-0.39, 0.29) is 11.4 Å². The molecule has 0 fully saturated rings. The van der Waals surface area contributed by atoms with Gasteiger partial charge in [0.05, 0.1) is 4.92 Å². The molecule has 0 heterocycles. The molecule has 21 heavy (non-hydrogen) atoms. The van der Waals surface area contributed by atoms with Crippen LogP contribution < -0.4 is 15.4 Å². The highest BCUT2D eigenvalue weighted by Crippen LogP contribution is 2.27. The number of urea groups is 1. The number of imide groups is 1. The van der Waals surface area contributed by atoms with Gasteiger partial charge in [-0.2, -0.15) is 0 Å². The summed E-state index contributed by atoms with van der Waals surface area (Å²) in [6.45, 7) is 3.59. The number of nitro groups is 1. The number of nitro benzene ring substituents is 1. The third-order valence-corrected chi connectivity index (χ3v) is 2.46. The van der Waals surface area contributed by atoms with Gasteiger partial charge in [-0.05, 0) is 25.0 Å². The number of ether oxygens (including phenoxy) is 1. The van der Waals surface area contributed by atoms with Crippen LogP contribution in [-0.4, -0.2) is 30.0 Å². The van der Waals surface area contributed by atoms with Crippen LogP contribution in [0.1, 0.15) is 18.9 Å². The third-order valence-electron chi connectivity index (χ3n) is 2.46. The summed E-state index contributed by atoms with van der Waals surface area (Å²) in [6.07, 6.45) is 0.744. The first kappa shape index (κ1) is 16.4. The number of nitrogens with one attached hydrogen (secondary N) is 2. The molecule has 114 valence electrons. The van der Waals surface area contributed by atoms with Gasteiger partial charge in [-0.1, -0.05) is 13.0 Å². The smallest absolute Gasteiger partial charge is 0.321 e. The van der Waals surface area contributed by atoms with Gasteiger partial charge < -0.3 is 10.1 Å². The maximum absolute atomic E-state index is 11.5. The molecule has 0 aromatic heterocycles. The Morgan fingerprint density at radius 1 is 1.38 bits per heavy atom. The molecule has 1 aromatic rings. The molecule has 0 aliphatic carbocycles. The molecule has 0 unspecified atom stereocenters. The quantitative estimate of drug-likeness (QED) is 0.610. The van der Waals surface area contributed by atoms with Crippen LogP contribution in [0.3, 0.4) is 0 Å². The zero-order chi connectivity index (χ0) is 15.8. The molecule has 0 saturated carbocycles. The Morgan fingerprint density at radius 3 is 2.71 bits per heavy atom. The molecule has 8 nitrogen and oxygen atoms in total. The van der Waals surface area contributed by atoms with Crippen molar-refractivity contribution in [1.29, 1.82) is 0 Å². The lowest BCUT2D eigenvalue weighted by Crippen LogP contribution is -2.41. The molecular formula is C13H17N3O5. The summed E-state index contributed by atoms with van der Waals surface area (Å²) >= 11 is 0. The maximum Gasteiger partial charge on any atom is 0.321 e. The summed E-state index contributed by atoms with van der Waals surface area (Å²) in [7, 11) is 0. The molecule has 0 saturated heterocycles. The number of amides is 3. The molecule has 0 spiro atoms. The van der Waals surface area contributed by atoms with Crippen molar-refractivity contribution in [3.05, 3.63) is 33.9 Å². The predicted octanol–water partition coefficient (Wildman–Crippen LogP) is 1.52. The molecular weight excluding hydrogens is 278 g/mol. The Kier molecular flexibility index (Phi) is 6.12. The number of hydrogen-bond acceptors (Lipinski definition) is 5. The molecule has 0 bridgehead atoms. The van der Waals surface area contributed by atoms with E-state index in [2.05, 4.69) is 10.6 Å². The first-order valence-electron chi connectivity index (χ1n) is 6.39. The fraction of sp³-hybridized carbons (Fsp3) is 0.385. The van der Waals surface area contributed by atoms with E-state index in [0.717, 1.165) is 12.0 Å². The summed E-state index contributed by atoms with van der Waals surface area (Å²) in [5.74, 6) is -0.691. The van der Waals surface area contributed by atoms with E-state index in [0.29, 0.717) is 6.54 Å². The second kappa shape index (κ2) is 7.83. The summed E-state index contributed by atoms with van der Waals surface area (Å²) < 4.78 is 5.11. The lowest BCUT2D eigenvalue weighted by Gasteiger charge is -2.08. The van der Waals surface area contributed by atoms with E-state index in [1.54, 1.807) is 13.0 Å². The van der Waals surface area contributed by atoms with Gasteiger partial charge in [0.1, 0.15) is 0 Å². The molecule has 0 atom stereocenters. The monoisotopic (exact) mass is 295 g/mol. The summed E-state index contributed by atoms with van der Waals surface area (Å²) in [4.78, 5) is 33.0. The first-order chi connectivity index (χ1) is 9.93. The number of rotatable bonds is 6. The predicted molar refractivity (Wildman–Crippen MR) is 75.2 cm³/mol. The summed E-state index contributed by atoms with van der Waals surface area (Å²) in [5.41, 5.74) is 0.528. The Hall–Kier alpha value is -2.64. The highest BCUT2D eigenvalue weighted by Gasteiger charge is 2.16. The van der Waals surface area contributed by atoms with Crippen LogP contribution in [0.25, 0.3) is 0 Å². The lowest BCUT2D eigenvalue weighted by molar-refractivity contribution is -0.385. The Morgan fingerprint density at radius 2 is 2.10 bits per heavy atom. The molecule has 1 rings (SSSR count). The van der Waals surface area contributed by atoms with Crippen molar-refractivity contribution < 1.29 is 19.2 Å². The van der Waals surface area contributed by atoms with E-state index in [4.69, 9.17) is 4.74 Å². The largest absolute Gasteiger partial charge is 0.477 e. The van der Waals surface area contributed by atoms with Gasteiger partial charge in [-0.25, -0.2) is 4.79 Å². The average Bonchev–Trinajstić information content (AvgIpc) is 2.42. The van der Waals surface area contributed by atoms with Gasteiger partial charge in [-0.3, -0.25) is 20.2 Å². The van der Waals surface area contributed by atoms with Crippen LogP contribution in [-0.2, 0) is 4.79 Å². The molecule has 0 radical (unpaired) electrons. The molecule has 3 amide bonds. The topological polar surface area (TPSA) is 111 Å². The normalized spacial score (nSPS) is 9.81. The van der Waals surface area contributed by atoms with Gasteiger partial charge in [0.2, 0.25) is 0 Å². The standard InChI is InChI=1S/C13H17N3O5/c1-3-6-14-13(18)15-12(17)8-21-11-7-9(2)4-5-10(11)16(19)20/h4-5,7H,3,6,8H2,1-2H3,(H2,14,15,17,18). The number of nitrogens with zero attached hydrogens (tertiary/aromatic N) is 1. The molecule has 1 aromatic carbocycles. The van der Waals surface area contributed by atoms with Gasteiger partial charge in [0.25, 0.3) is 5.91 Å². The minimum Gasteiger partial charge on any atom is -0.477 e. The van der Waals surface area contributed by atoms with Gasteiger partial charge in [0.15, 0.2) is 12.4 Å². The van der Waals surface area contributed by atoms with E-state index in [1.165, 1.54) is 12.1 Å². The highest BCUT2D eigenvalue weighted by atomic mass is 16.6. The van der Waals surface area contributed by atoms with Crippen LogP contribution in [0.5, 0.6) is 5.75 Å². The number of aryl methyl sites for hydroxylation is 1. The number of carbonyl (C=O) groups is 2. The van der Waals surface area contributed by atoms with Crippen molar-refractivity contribution >= 4 is 17.6 Å². The zero-order valence-corrected chi connectivity index (χ0v) is 11.8. The van der Waals surface area contributed by atoms with E-state index < -0.39 is 23.5 Å². The average molecular weight is 295 g/mol. The number of hydrogen-bond donors (Lipinski definition) is 2. The molecule has 2 N–H and O–H groups in total. The van der Waals surface area contributed by atoms with Gasteiger partial charge in [-0.15, -0.1) is 0 Å². The number of carbonyl (C=O) groups excluding carboxylic acids is 2. The lowest BCUT2D eigenvalue weighted by atomic mass is 10.2. The Balaban J connectivity index is 2.59. The van der Waals surface area contributed by atoms with Crippen LogP contribution in [0, 0.1) is 17.0 Å². The van der Waals surface area contributed by atoms with Crippen molar-refractivity contribution in [3.63, 3.8) is 0 Å². The fourth-order valence-electron chi connectivity index (χ4n) is 1.48. The van der Waals surface area contributed by atoms with Crippen molar-refractivity contribution in [2.45, 2.75) is 20.3 Å². The van der Waals surface area contributed by atoms with Crippen molar-refractivity contribution in [2.24, 2.45) is 0 Å². The highest BCUT2D eigenvalue weighted by molar-refractivity contribution is 5.95. The zero-order valence-electron chi connectivity index (χ0n) is 11.8. The third kappa shape index (κ3) is 5.47. The van der Waals surface area contributed by atoms with Crippen molar-refractivity contribution in [3.8, 4) is 5.75 Å². The van der Waals surface area contributed by atoms with E-state index in [9.17, 15) is 19.7 Å². The second-order valence-corrected chi connectivity index (χ2v) is 4.32. The van der Waals surface area contributed by atoms with Gasteiger partial charge >= 0.3 is 11.7 Å². The molecule has 8 heteroatoms. The molecule has 0 aliphatic heterocycles. The number of benzene rings is 1. The van der Waals surface area contributed by atoms with E-state index >= 15 is 0 Å². The molecule has 0 aliphatic rings. The van der Waals surface area contributed by atoms with Crippen LogP contribution in [0.2, 0.25) is 0 Å². The van der Waals surface area contributed by atoms with Crippen LogP contribution in [0.15, 0.2) is 18.2 Å². The first-order valence-corrected chi connectivity index (χ1v) is 6.39. The minimum atomic E-state index is -0.681. The van der Waals surface area contributed by atoms with E-state index in [1.807, 2.05) is 6.92 Å². The Bertz CT molecular complexity index is 545. The fourth-order valence-corrected chi connectivity index (χ4v) is 1.48. The summed E-state index contributed by atoms with van der Waals surface area (Å²) in [6, 6.07) is 3.71. The van der Waals surface area contributed by atoms with Crippen molar-refractivity contribution in [2.75, 3.05) is 13.2 Å².